The monoisotopic (exact) mass is 327 g/mol. The Bertz CT molecular complexity index is 744. The molecule has 2 aromatic rings. The smallest absolute Gasteiger partial charge is 0.229 e. The summed E-state index contributed by atoms with van der Waals surface area (Å²) in [5.74, 6) is 0.828. The Labute approximate surface area is 140 Å². The number of hydrazine groups is 1. The number of H-pyrrole nitrogens is 1. The molecule has 1 saturated heterocycles. The molecule has 0 bridgehead atoms. The van der Waals surface area contributed by atoms with Crippen LogP contribution in [0.5, 0.6) is 5.75 Å². The normalized spacial score (nSPS) is 23.1. The zero-order valence-electron chi connectivity index (χ0n) is 13.6. The molecule has 3 N–H and O–H groups in total. The van der Waals surface area contributed by atoms with Crippen molar-refractivity contribution in [1.29, 1.82) is 0 Å². The van der Waals surface area contributed by atoms with Gasteiger partial charge in [0.2, 0.25) is 5.91 Å². The molecule has 2 aliphatic rings. The maximum atomic E-state index is 13.1. The average Bonchev–Trinajstić information content (AvgIpc) is 3.29. The van der Waals surface area contributed by atoms with Crippen LogP contribution in [0.1, 0.15) is 23.0 Å². The summed E-state index contributed by atoms with van der Waals surface area (Å²) < 4.78 is 5.30. The second-order valence-corrected chi connectivity index (χ2v) is 6.22. The summed E-state index contributed by atoms with van der Waals surface area (Å²) in [6, 6.07) is 7.81. The molecule has 0 radical (unpaired) electrons. The highest BCUT2D eigenvalue weighted by molar-refractivity contribution is 5.80. The summed E-state index contributed by atoms with van der Waals surface area (Å²) >= 11 is 0. The first-order valence-electron chi connectivity index (χ1n) is 8.18. The average molecular weight is 327 g/mol. The number of benzene rings is 1. The van der Waals surface area contributed by atoms with Crippen LogP contribution in [0.25, 0.3) is 0 Å². The van der Waals surface area contributed by atoms with E-state index in [1.54, 1.807) is 13.4 Å². The summed E-state index contributed by atoms with van der Waals surface area (Å²) in [5.41, 5.74) is 9.54. The number of carbonyl (C=O) groups is 1. The number of aromatic nitrogens is 2. The van der Waals surface area contributed by atoms with Crippen LogP contribution in [-0.4, -0.2) is 41.0 Å². The molecule has 0 spiro atoms. The molecule has 4 rings (SSSR count). The lowest BCUT2D eigenvalue weighted by Gasteiger charge is -2.30. The molecular weight excluding hydrogens is 306 g/mol. The van der Waals surface area contributed by atoms with Gasteiger partial charge < -0.3 is 14.6 Å². The number of nitrogens with zero attached hydrogens (tertiary/aromatic N) is 2. The van der Waals surface area contributed by atoms with Crippen molar-refractivity contribution < 1.29 is 9.53 Å². The number of imidazole rings is 1. The number of hydrogen-bond donors (Lipinski definition) is 3. The minimum Gasteiger partial charge on any atom is -0.497 e. The number of nitrogens with one attached hydrogen (secondary N) is 3. The Kier molecular flexibility index (Phi) is 3.95. The molecule has 2 atom stereocenters. The predicted molar refractivity (Wildman–Crippen MR) is 88.1 cm³/mol. The third-order valence-electron chi connectivity index (χ3n) is 4.84. The van der Waals surface area contributed by atoms with Crippen molar-refractivity contribution >= 4 is 5.91 Å². The van der Waals surface area contributed by atoms with E-state index in [9.17, 15) is 4.79 Å². The molecule has 2 aliphatic heterocycles. The maximum absolute atomic E-state index is 13.1. The summed E-state index contributed by atoms with van der Waals surface area (Å²) in [5, 5.41) is 0. The van der Waals surface area contributed by atoms with Crippen molar-refractivity contribution in [3.8, 4) is 5.75 Å². The van der Waals surface area contributed by atoms with Crippen LogP contribution in [-0.2, 0) is 17.8 Å². The Morgan fingerprint density at radius 3 is 3.21 bits per heavy atom. The molecule has 1 amide bonds. The van der Waals surface area contributed by atoms with Crippen molar-refractivity contribution in [2.45, 2.75) is 19.0 Å². The molecule has 7 nitrogen and oxygen atoms in total. The van der Waals surface area contributed by atoms with Crippen LogP contribution in [0.4, 0.5) is 0 Å². The van der Waals surface area contributed by atoms with Crippen LogP contribution >= 0.6 is 0 Å². The van der Waals surface area contributed by atoms with Gasteiger partial charge in [0.1, 0.15) is 5.75 Å². The highest BCUT2D eigenvalue weighted by Gasteiger charge is 2.37. The van der Waals surface area contributed by atoms with Gasteiger partial charge in [0.25, 0.3) is 0 Å². The molecule has 1 fully saturated rings. The van der Waals surface area contributed by atoms with E-state index in [-0.39, 0.29) is 17.9 Å². The van der Waals surface area contributed by atoms with Gasteiger partial charge in [-0.25, -0.2) is 10.4 Å². The van der Waals surface area contributed by atoms with Gasteiger partial charge in [-0.15, -0.1) is 0 Å². The topological polar surface area (TPSA) is 82.3 Å². The van der Waals surface area contributed by atoms with E-state index in [4.69, 9.17) is 4.74 Å². The Hall–Kier alpha value is -2.38. The third-order valence-corrected chi connectivity index (χ3v) is 4.84. The SMILES string of the molecule is COc1cccc(C2NNCC2C(=O)N2CCc3nc[nH]c3C2)c1. The van der Waals surface area contributed by atoms with Crippen molar-refractivity contribution in [1.82, 2.24) is 25.7 Å². The van der Waals surface area contributed by atoms with E-state index >= 15 is 0 Å². The van der Waals surface area contributed by atoms with E-state index in [1.807, 2.05) is 29.2 Å². The van der Waals surface area contributed by atoms with E-state index in [0.29, 0.717) is 13.1 Å². The molecule has 0 saturated carbocycles. The van der Waals surface area contributed by atoms with Crippen molar-refractivity contribution in [2.75, 3.05) is 20.2 Å². The molecule has 1 aromatic carbocycles. The lowest BCUT2D eigenvalue weighted by atomic mass is 9.93. The van der Waals surface area contributed by atoms with Gasteiger partial charge >= 0.3 is 0 Å². The first kappa shape index (κ1) is 15.2. The zero-order chi connectivity index (χ0) is 16.5. The summed E-state index contributed by atoms with van der Waals surface area (Å²) in [6.45, 7) is 1.94. The number of methoxy groups -OCH3 is 1. The fourth-order valence-electron chi connectivity index (χ4n) is 3.51. The minimum absolute atomic E-state index is 0.0595. The Balaban J connectivity index is 1.53. The van der Waals surface area contributed by atoms with Crippen molar-refractivity contribution in [2.24, 2.45) is 5.92 Å². The van der Waals surface area contributed by atoms with Gasteiger partial charge in [-0.05, 0) is 17.7 Å². The molecule has 2 unspecified atom stereocenters. The summed E-state index contributed by atoms with van der Waals surface area (Å²) in [7, 11) is 1.65. The number of ether oxygens (including phenoxy) is 1. The second kappa shape index (κ2) is 6.26. The largest absolute Gasteiger partial charge is 0.497 e. The van der Waals surface area contributed by atoms with Gasteiger partial charge in [-0.2, -0.15) is 0 Å². The van der Waals surface area contributed by atoms with Crippen LogP contribution in [0, 0.1) is 5.92 Å². The van der Waals surface area contributed by atoms with E-state index in [1.165, 1.54) is 0 Å². The standard InChI is InChI=1S/C17H21N5O2/c1-24-12-4-2-3-11(7-12)16-13(8-20-21-16)17(23)22-6-5-14-15(9-22)19-10-18-14/h2-4,7,10,13,16,20-21H,5-6,8-9H2,1H3,(H,18,19). The van der Waals surface area contributed by atoms with Crippen molar-refractivity contribution in [3.05, 3.63) is 47.5 Å². The van der Waals surface area contributed by atoms with Gasteiger partial charge in [0, 0.05) is 19.5 Å². The first-order chi connectivity index (χ1) is 11.8. The number of fused-ring (bicyclic) bond motifs is 1. The number of carbonyl (C=O) groups excluding carboxylic acids is 1. The van der Waals surface area contributed by atoms with Gasteiger partial charge in [-0.3, -0.25) is 10.2 Å². The van der Waals surface area contributed by atoms with E-state index < -0.39 is 0 Å². The minimum atomic E-state index is -0.137. The molecule has 3 heterocycles. The van der Waals surface area contributed by atoms with E-state index in [2.05, 4.69) is 20.8 Å². The second-order valence-electron chi connectivity index (χ2n) is 6.22. The molecule has 24 heavy (non-hydrogen) atoms. The van der Waals surface area contributed by atoms with Crippen molar-refractivity contribution in [3.63, 3.8) is 0 Å². The van der Waals surface area contributed by atoms with Gasteiger partial charge in [0.15, 0.2) is 0 Å². The number of hydrogen-bond acceptors (Lipinski definition) is 5. The lowest BCUT2D eigenvalue weighted by molar-refractivity contribution is -0.136. The summed E-state index contributed by atoms with van der Waals surface area (Å²) in [4.78, 5) is 22.4. The zero-order valence-corrected chi connectivity index (χ0v) is 13.6. The quantitative estimate of drug-likeness (QED) is 0.776. The van der Waals surface area contributed by atoms with Crippen LogP contribution < -0.4 is 15.6 Å². The Morgan fingerprint density at radius 2 is 2.33 bits per heavy atom. The fraction of sp³-hybridized carbons (Fsp3) is 0.412. The molecule has 126 valence electrons. The summed E-state index contributed by atoms with van der Waals surface area (Å²) in [6.07, 6.45) is 2.51. The number of aromatic amines is 1. The molecule has 7 heteroatoms. The maximum Gasteiger partial charge on any atom is 0.229 e. The van der Waals surface area contributed by atoms with Gasteiger partial charge in [-0.1, -0.05) is 12.1 Å². The number of amides is 1. The van der Waals surface area contributed by atoms with Crippen LogP contribution in [0.3, 0.4) is 0 Å². The fourth-order valence-corrected chi connectivity index (χ4v) is 3.51. The highest BCUT2D eigenvalue weighted by Crippen LogP contribution is 2.30. The van der Waals surface area contributed by atoms with Gasteiger partial charge in [0.05, 0.1) is 43.3 Å². The molecular formula is C17H21N5O2. The van der Waals surface area contributed by atoms with E-state index in [0.717, 1.165) is 35.7 Å². The van der Waals surface area contributed by atoms with Crippen LogP contribution in [0.2, 0.25) is 0 Å². The predicted octanol–water partition coefficient (Wildman–Crippen LogP) is 0.768. The Morgan fingerprint density at radius 1 is 1.42 bits per heavy atom. The molecule has 1 aromatic heterocycles. The third kappa shape index (κ3) is 2.65. The number of rotatable bonds is 3. The highest BCUT2D eigenvalue weighted by atomic mass is 16.5. The van der Waals surface area contributed by atoms with Crippen LogP contribution in [0.15, 0.2) is 30.6 Å². The lowest BCUT2D eigenvalue weighted by Crippen LogP contribution is -2.42. The molecule has 0 aliphatic carbocycles. The first-order valence-corrected chi connectivity index (χ1v) is 8.18.